The van der Waals surface area contributed by atoms with Gasteiger partial charge in [0.15, 0.2) is 0 Å². The van der Waals surface area contributed by atoms with Gasteiger partial charge in [-0.15, -0.1) is 0 Å². The summed E-state index contributed by atoms with van der Waals surface area (Å²) < 4.78 is 0. The summed E-state index contributed by atoms with van der Waals surface area (Å²) in [7, 11) is 0. The Balaban J connectivity index is 0.000000980. The van der Waals surface area contributed by atoms with Crippen molar-refractivity contribution in [3.63, 3.8) is 0 Å². The molecule has 1 aliphatic heterocycles. The van der Waals surface area contributed by atoms with Gasteiger partial charge in [0.1, 0.15) is 0 Å². The maximum absolute atomic E-state index is 10.5. The van der Waals surface area contributed by atoms with E-state index in [2.05, 4.69) is 5.32 Å². The van der Waals surface area contributed by atoms with E-state index in [-0.39, 0.29) is 24.1 Å². The van der Waals surface area contributed by atoms with E-state index in [0.717, 1.165) is 25.1 Å². The van der Waals surface area contributed by atoms with Gasteiger partial charge in [-0.2, -0.15) is 13.5 Å². The lowest BCUT2D eigenvalue weighted by Crippen LogP contribution is -2.11. The van der Waals surface area contributed by atoms with Gasteiger partial charge >= 0.3 is 0 Å². The first-order valence-corrected chi connectivity index (χ1v) is 4.28. The van der Waals surface area contributed by atoms with Crippen LogP contribution in [-0.4, -0.2) is 11.5 Å². The molecular formula is C9H12N2O2S. The molecule has 5 heteroatoms. The summed E-state index contributed by atoms with van der Waals surface area (Å²) in [5.74, 6) is 0. The van der Waals surface area contributed by atoms with E-state index in [1.54, 1.807) is 12.1 Å². The van der Waals surface area contributed by atoms with Crippen LogP contribution >= 0.6 is 13.5 Å². The third-order valence-electron chi connectivity index (χ3n) is 2.24. The Hall–Kier alpha value is -1.23. The van der Waals surface area contributed by atoms with E-state index < -0.39 is 0 Å². The fourth-order valence-electron chi connectivity index (χ4n) is 1.56. The smallest absolute Gasteiger partial charge is 0.271 e. The lowest BCUT2D eigenvalue weighted by Gasteiger charge is -2.16. The summed E-state index contributed by atoms with van der Waals surface area (Å²) in [6.45, 7) is 0.911. The number of nitrogens with zero attached hydrogens (tertiary/aromatic N) is 1. The van der Waals surface area contributed by atoms with Gasteiger partial charge in [0.25, 0.3) is 5.69 Å². The summed E-state index contributed by atoms with van der Waals surface area (Å²) in [4.78, 5) is 10.1. The van der Waals surface area contributed by atoms with Gasteiger partial charge in [0.05, 0.1) is 4.92 Å². The number of hydrogen-bond acceptors (Lipinski definition) is 3. The molecule has 0 radical (unpaired) electrons. The molecule has 1 aliphatic rings. The van der Waals surface area contributed by atoms with Crippen molar-refractivity contribution in [3.8, 4) is 0 Å². The number of nitrogens with one attached hydrogen (secondary N) is 1. The van der Waals surface area contributed by atoms with Crippen molar-refractivity contribution in [1.82, 2.24) is 0 Å². The lowest BCUT2D eigenvalue weighted by molar-refractivity contribution is -0.384. The maximum Gasteiger partial charge on any atom is 0.271 e. The molecule has 2 rings (SSSR count). The molecule has 0 atom stereocenters. The Morgan fingerprint density at radius 3 is 2.93 bits per heavy atom. The Morgan fingerprint density at radius 2 is 2.21 bits per heavy atom. The van der Waals surface area contributed by atoms with Crippen LogP contribution in [0.25, 0.3) is 0 Å². The number of nitro groups is 1. The average molecular weight is 212 g/mol. The van der Waals surface area contributed by atoms with E-state index in [1.807, 2.05) is 6.07 Å². The van der Waals surface area contributed by atoms with Crippen LogP contribution < -0.4 is 5.32 Å². The molecule has 1 aromatic rings. The molecule has 1 heterocycles. The van der Waals surface area contributed by atoms with Crippen LogP contribution in [0.15, 0.2) is 18.2 Å². The molecule has 0 unspecified atom stereocenters. The Kier molecular flexibility index (Phi) is 3.35. The number of hydrogen-bond donors (Lipinski definition) is 1. The summed E-state index contributed by atoms with van der Waals surface area (Å²) in [6, 6.07) is 5.00. The summed E-state index contributed by atoms with van der Waals surface area (Å²) in [5, 5.41) is 13.6. The molecule has 0 saturated carbocycles. The zero-order chi connectivity index (χ0) is 9.26. The molecule has 0 amide bonds. The molecule has 4 nitrogen and oxygen atoms in total. The molecule has 0 saturated heterocycles. The van der Waals surface area contributed by atoms with Gasteiger partial charge in [-0.05, 0) is 18.4 Å². The highest BCUT2D eigenvalue weighted by Crippen LogP contribution is 2.26. The van der Waals surface area contributed by atoms with Crippen molar-refractivity contribution >= 4 is 24.9 Å². The average Bonchev–Trinajstić information content (AvgIpc) is 2.17. The zero-order valence-electron chi connectivity index (χ0n) is 7.62. The normalized spacial score (nSPS) is 13.4. The quantitative estimate of drug-likeness (QED) is 0.572. The summed E-state index contributed by atoms with van der Waals surface area (Å²) >= 11 is 0. The highest BCUT2D eigenvalue weighted by molar-refractivity contribution is 7.59. The first-order valence-electron chi connectivity index (χ1n) is 4.28. The third-order valence-corrected chi connectivity index (χ3v) is 2.24. The summed E-state index contributed by atoms with van der Waals surface area (Å²) in [5.41, 5.74) is 2.26. The monoisotopic (exact) mass is 212 g/mol. The van der Waals surface area contributed by atoms with E-state index in [1.165, 1.54) is 5.56 Å². The maximum atomic E-state index is 10.5. The first-order chi connectivity index (χ1) is 6.27. The predicted molar refractivity (Wildman–Crippen MR) is 60.3 cm³/mol. The van der Waals surface area contributed by atoms with Crippen molar-refractivity contribution in [2.75, 3.05) is 11.9 Å². The van der Waals surface area contributed by atoms with Crippen molar-refractivity contribution in [1.29, 1.82) is 0 Å². The van der Waals surface area contributed by atoms with Gasteiger partial charge in [0, 0.05) is 24.4 Å². The van der Waals surface area contributed by atoms with E-state index in [9.17, 15) is 10.1 Å². The molecule has 0 spiro atoms. The zero-order valence-corrected chi connectivity index (χ0v) is 8.62. The molecule has 0 bridgehead atoms. The Labute approximate surface area is 88.9 Å². The summed E-state index contributed by atoms with van der Waals surface area (Å²) in [6.07, 6.45) is 2.12. The molecular weight excluding hydrogens is 200 g/mol. The van der Waals surface area contributed by atoms with E-state index in [4.69, 9.17) is 0 Å². The van der Waals surface area contributed by atoms with Crippen LogP contribution in [-0.2, 0) is 6.42 Å². The highest BCUT2D eigenvalue weighted by Gasteiger charge is 2.12. The van der Waals surface area contributed by atoms with Crippen LogP contribution in [0, 0.1) is 10.1 Å². The number of rotatable bonds is 1. The van der Waals surface area contributed by atoms with Crippen LogP contribution in [0.3, 0.4) is 0 Å². The minimum absolute atomic E-state index is 0. The number of anilines is 1. The number of nitro benzene ring substituents is 1. The van der Waals surface area contributed by atoms with Crippen molar-refractivity contribution in [2.24, 2.45) is 0 Å². The minimum Gasteiger partial charge on any atom is -0.385 e. The minimum atomic E-state index is -0.365. The van der Waals surface area contributed by atoms with Gasteiger partial charge in [-0.1, -0.05) is 6.07 Å². The highest BCUT2D eigenvalue weighted by atomic mass is 32.1. The molecule has 0 aliphatic carbocycles. The molecule has 0 aromatic heterocycles. The molecule has 1 N–H and O–H groups in total. The Morgan fingerprint density at radius 1 is 1.43 bits per heavy atom. The number of fused-ring (bicyclic) bond motifs is 1. The van der Waals surface area contributed by atoms with Gasteiger partial charge in [-0.25, -0.2) is 0 Å². The molecule has 14 heavy (non-hydrogen) atoms. The number of non-ortho nitro benzene ring substituents is 1. The largest absolute Gasteiger partial charge is 0.385 e. The van der Waals surface area contributed by atoms with Crippen LogP contribution in [0.1, 0.15) is 12.0 Å². The van der Waals surface area contributed by atoms with Crippen molar-refractivity contribution in [3.05, 3.63) is 33.9 Å². The SMILES string of the molecule is O=[N+]([O-])c1ccc2c(c1)NCCC2.S. The van der Waals surface area contributed by atoms with Crippen LogP contribution in [0.5, 0.6) is 0 Å². The fourth-order valence-corrected chi connectivity index (χ4v) is 1.56. The molecule has 0 fully saturated rings. The van der Waals surface area contributed by atoms with Gasteiger partial charge in [-0.3, -0.25) is 10.1 Å². The fraction of sp³-hybridized carbons (Fsp3) is 0.333. The topological polar surface area (TPSA) is 55.2 Å². The van der Waals surface area contributed by atoms with Gasteiger partial charge in [0.2, 0.25) is 0 Å². The number of aryl methyl sites for hydroxylation is 1. The standard InChI is InChI=1S/C9H10N2O2.H2S/c12-11(13)8-4-3-7-2-1-5-10-9(7)6-8;/h3-4,6,10H,1-2,5H2;1H2. The molecule has 1 aromatic carbocycles. The third kappa shape index (κ3) is 1.98. The van der Waals surface area contributed by atoms with Gasteiger partial charge < -0.3 is 5.32 Å². The second-order valence-corrected chi connectivity index (χ2v) is 3.13. The molecule has 76 valence electrons. The van der Waals surface area contributed by atoms with Crippen molar-refractivity contribution < 1.29 is 4.92 Å². The first kappa shape index (κ1) is 10.8. The van der Waals surface area contributed by atoms with E-state index >= 15 is 0 Å². The van der Waals surface area contributed by atoms with E-state index in [0.29, 0.717) is 0 Å². The van der Waals surface area contributed by atoms with Crippen LogP contribution in [0.2, 0.25) is 0 Å². The second kappa shape index (κ2) is 4.32. The van der Waals surface area contributed by atoms with Crippen LogP contribution in [0.4, 0.5) is 11.4 Å². The Bertz CT molecular complexity index is 355. The second-order valence-electron chi connectivity index (χ2n) is 3.13. The number of benzene rings is 1. The van der Waals surface area contributed by atoms with Crippen molar-refractivity contribution in [2.45, 2.75) is 12.8 Å². The lowest BCUT2D eigenvalue weighted by atomic mass is 10.0. The predicted octanol–water partition coefficient (Wildman–Crippen LogP) is 2.07.